The maximum absolute atomic E-state index is 12.5. The van der Waals surface area contributed by atoms with Crippen molar-refractivity contribution in [2.24, 2.45) is 0 Å². The summed E-state index contributed by atoms with van der Waals surface area (Å²) < 4.78 is 17.2. The highest BCUT2D eigenvalue weighted by molar-refractivity contribution is 5.79. The number of para-hydroxylation sites is 1. The number of hydrogen-bond donors (Lipinski definition) is 0. The molecule has 0 saturated carbocycles. The van der Waals surface area contributed by atoms with Gasteiger partial charge in [-0.3, -0.25) is 4.79 Å². The maximum atomic E-state index is 12.5. The van der Waals surface area contributed by atoms with E-state index >= 15 is 0 Å². The summed E-state index contributed by atoms with van der Waals surface area (Å²) in [5, 5.41) is 4.08. The van der Waals surface area contributed by atoms with E-state index in [9.17, 15) is 4.79 Å². The highest BCUT2D eigenvalue weighted by atomic mass is 16.5. The van der Waals surface area contributed by atoms with Crippen LogP contribution >= 0.6 is 0 Å². The number of carbonyl (C=O) groups excluding carboxylic acids is 1. The van der Waals surface area contributed by atoms with Crippen LogP contribution in [-0.4, -0.2) is 46.2 Å². The van der Waals surface area contributed by atoms with Gasteiger partial charge in [0.2, 0.25) is 5.89 Å². The summed E-state index contributed by atoms with van der Waals surface area (Å²) >= 11 is 0. The Labute approximate surface area is 181 Å². The van der Waals surface area contributed by atoms with Gasteiger partial charge in [-0.25, -0.2) is 0 Å². The van der Waals surface area contributed by atoms with E-state index in [0.29, 0.717) is 37.0 Å². The number of nitrogens with zero attached hydrogens (tertiary/aromatic N) is 3. The van der Waals surface area contributed by atoms with E-state index in [1.54, 1.807) is 4.90 Å². The second-order valence-corrected chi connectivity index (χ2v) is 8.78. The second-order valence-electron chi connectivity index (χ2n) is 8.78. The largest absolute Gasteiger partial charge is 0.483 e. The zero-order chi connectivity index (χ0) is 21.4. The van der Waals surface area contributed by atoms with Crippen molar-refractivity contribution in [1.82, 2.24) is 15.0 Å². The fourth-order valence-electron chi connectivity index (χ4n) is 4.05. The van der Waals surface area contributed by atoms with Crippen LogP contribution in [0.1, 0.15) is 42.6 Å². The summed E-state index contributed by atoms with van der Waals surface area (Å²) in [5.41, 5.74) is 2.00. The molecule has 2 aliphatic rings. The molecule has 0 aliphatic carbocycles. The Bertz CT molecular complexity index is 1090. The SMILES string of the molecule is CC1(C)Cc2cccc(OCC(=O)N3CC(c4nc(Cc5ccccc5)no4)C3)c2O1. The van der Waals surface area contributed by atoms with Gasteiger partial charge in [0.1, 0.15) is 5.60 Å². The average molecular weight is 419 g/mol. The predicted octanol–water partition coefficient (Wildman–Crippen LogP) is 3.38. The minimum atomic E-state index is -0.250. The maximum Gasteiger partial charge on any atom is 0.260 e. The molecular formula is C24H25N3O4. The molecule has 2 aromatic carbocycles. The number of rotatable bonds is 6. The Hall–Kier alpha value is -3.35. The highest BCUT2D eigenvalue weighted by Gasteiger charge is 2.36. The monoisotopic (exact) mass is 419 g/mol. The lowest BCUT2D eigenvalue weighted by Gasteiger charge is -2.36. The topological polar surface area (TPSA) is 77.7 Å². The number of amides is 1. The fraction of sp³-hybridized carbons (Fsp3) is 0.375. The zero-order valence-corrected chi connectivity index (χ0v) is 17.7. The van der Waals surface area contributed by atoms with E-state index in [-0.39, 0.29) is 24.0 Å². The molecule has 0 unspecified atom stereocenters. The second kappa shape index (κ2) is 7.72. The van der Waals surface area contributed by atoms with Gasteiger partial charge >= 0.3 is 0 Å². The minimum absolute atomic E-state index is 0.0178. The first-order valence-electron chi connectivity index (χ1n) is 10.5. The van der Waals surface area contributed by atoms with Crippen molar-refractivity contribution in [3.8, 4) is 11.5 Å². The number of aromatic nitrogens is 2. The third-order valence-electron chi connectivity index (χ3n) is 5.68. The molecule has 5 rings (SSSR count). The number of hydrogen-bond acceptors (Lipinski definition) is 6. The normalized spacial score (nSPS) is 17.0. The lowest BCUT2D eigenvalue weighted by Crippen LogP contribution is -2.50. The summed E-state index contributed by atoms with van der Waals surface area (Å²) in [7, 11) is 0. The first-order chi connectivity index (χ1) is 15.0. The molecule has 0 N–H and O–H groups in total. The van der Waals surface area contributed by atoms with Crippen molar-refractivity contribution in [1.29, 1.82) is 0 Å². The number of likely N-dealkylation sites (tertiary alicyclic amines) is 1. The van der Waals surface area contributed by atoms with Gasteiger partial charge in [0.25, 0.3) is 5.91 Å². The van der Waals surface area contributed by atoms with Crippen LogP contribution in [0, 0.1) is 0 Å². The number of ether oxygens (including phenoxy) is 2. The van der Waals surface area contributed by atoms with E-state index in [4.69, 9.17) is 14.0 Å². The molecule has 3 heterocycles. The molecule has 1 fully saturated rings. The van der Waals surface area contributed by atoms with Gasteiger partial charge < -0.3 is 18.9 Å². The van der Waals surface area contributed by atoms with Crippen molar-refractivity contribution >= 4 is 5.91 Å². The number of fused-ring (bicyclic) bond motifs is 1. The van der Waals surface area contributed by atoms with Crippen LogP contribution in [0.15, 0.2) is 53.1 Å². The van der Waals surface area contributed by atoms with E-state index in [1.807, 2.05) is 62.4 Å². The minimum Gasteiger partial charge on any atom is -0.483 e. The van der Waals surface area contributed by atoms with E-state index in [1.165, 1.54) is 0 Å². The third-order valence-corrected chi connectivity index (χ3v) is 5.68. The van der Waals surface area contributed by atoms with Gasteiger partial charge in [0.15, 0.2) is 23.9 Å². The van der Waals surface area contributed by atoms with Crippen LogP contribution in [0.25, 0.3) is 0 Å². The molecule has 160 valence electrons. The molecule has 1 amide bonds. The molecule has 0 radical (unpaired) electrons. The van der Waals surface area contributed by atoms with Gasteiger partial charge in [-0.15, -0.1) is 0 Å². The Kier molecular flexibility index (Phi) is 4.88. The first kappa shape index (κ1) is 19.6. The van der Waals surface area contributed by atoms with Crippen LogP contribution < -0.4 is 9.47 Å². The number of carbonyl (C=O) groups is 1. The molecule has 7 heteroatoms. The Morgan fingerprint density at radius 1 is 1.16 bits per heavy atom. The summed E-state index contributed by atoms with van der Waals surface area (Å²) in [6.07, 6.45) is 1.46. The Morgan fingerprint density at radius 2 is 1.97 bits per heavy atom. The molecule has 0 bridgehead atoms. The van der Waals surface area contributed by atoms with Crippen LogP contribution in [-0.2, 0) is 17.6 Å². The van der Waals surface area contributed by atoms with E-state index < -0.39 is 0 Å². The smallest absolute Gasteiger partial charge is 0.260 e. The molecule has 7 nitrogen and oxygen atoms in total. The van der Waals surface area contributed by atoms with Gasteiger partial charge in [0.05, 0.1) is 5.92 Å². The third kappa shape index (κ3) is 4.13. The fourth-order valence-corrected chi connectivity index (χ4v) is 4.05. The highest BCUT2D eigenvalue weighted by Crippen LogP contribution is 2.41. The molecule has 0 spiro atoms. The van der Waals surface area contributed by atoms with Gasteiger partial charge in [0, 0.05) is 31.5 Å². The van der Waals surface area contributed by atoms with Crippen molar-refractivity contribution in [3.63, 3.8) is 0 Å². The van der Waals surface area contributed by atoms with Crippen molar-refractivity contribution in [2.75, 3.05) is 19.7 Å². The first-order valence-corrected chi connectivity index (χ1v) is 10.5. The van der Waals surface area contributed by atoms with Crippen molar-refractivity contribution < 1.29 is 18.8 Å². The van der Waals surface area contributed by atoms with Gasteiger partial charge in [-0.1, -0.05) is 47.6 Å². The summed E-state index contributed by atoms with van der Waals surface area (Å²) in [6, 6.07) is 15.9. The lowest BCUT2D eigenvalue weighted by molar-refractivity contribution is -0.138. The lowest BCUT2D eigenvalue weighted by atomic mass is 10.00. The molecular weight excluding hydrogens is 394 g/mol. The predicted molar refractivity (Wildman–Crippen MR) is 113 cm³/mol. The average Bonchev–Trinajstić information content (AvgIpc) is 3.28. The quantitative estimate of drug-likeness (QED) is 0.610. The number of benzene rings is 2. The van der Waals surface area contributed by atoms with Crippen molar-refractivity contribution in [2.45, 2.75) is 38.2 Å². The van der Waals surface area contributed by atoms with Gasteiger partial charge in [-0.05, 0) is 25.5 Å². The van der Waals surface area contributed by atoms with Crippen molar-refractivity contribution in [3.05, 3.63) is 71.4 Å². The summed E-state index contributed by atoms with van der Waals surface area (Å²) in [4.78, 5) is 18.8. The summed E-state index contributed by atoms with van der Waals surface area (Å²) in [5.74, 6) is 2.64. The van der Waals surface area contributed by atoms with Crippen LogP contribution in [0.5, 0.6) is 11.5 Å². The van der Waals surface area contributed by atoms with E-state index in [0.717, 1.165) is 23.3 Å². The summed E-state index contributed by atoms with van der Waals surface area (Å²) in [6.45, 7) is 5.20. The van der Waals surface area contributed by atoms with Crippen LogP contribution in [0.3, 0.4) is 0 Å². The van der Waals surface area contributed by atoms with Crippen LogP contribution in [0.2, 0.25) is 0 Å². The zero-order valence-electron chi connectivity index (χ0n) is 17.7. The molecule has 1 aromatic heterocycles. The Balaban J connectivity index is 1.13. The van der Waals surface area contributed by atoms with Crippen LogP contribution in [0.4, 0.5) is 0 Å². The molecule has 0 atom stereocenters. The molecule has 31 heavy (non-hydrogen) atoms. The Morgan fingerprint density at radius 3 is 2.77 bits per heavy atom. The standard InChI is InChI=1S/C24H25N3O4/c1-24(2)12-17-9-6-10-19(22(17)30-24)29-15-21(28)27-13-18(14-27)23-25-20(26-31-23)11-16-7-4-3-5-8-16/h3-10,18H,11-15H2,1-2H3. The molecule has 3 aromatic rings. The molecule has 1 saturated heterocycles. The van der Waals surface area contributed by atoms with E-state index in [2.05, 4.69) is 10.1 Å². The molecule has 2 aliphatic heterocycles. The van der Waals surface area contributed by atoms with Gasteiger partial charge in [-0.2, -0.15) is 4.98 Å².